The van der Waals surface area contributed by atoms with Gasteiger partial charge in [-0.15, -0.1) is 0 Å². The van der Waals surface area contributed by atoms with Crippen molar-refractivity contribution in [1.29, 1.82) is 0 Å². The summed E-state index contributed by atoms with van der Waals surface area (Å²) in [6.07, 6.45) is 7.93. The molecule has 1 aliphatic rings. The van der Waals surface area contributed by atoms with E-state index < -0.39 is 17.5 Å². The molecule has 24 heavy (non-hydrogen) atoms. The Hall–Kier alpha value is -0.302. The van der Waals surface area contributed by atoms with E-state index in [2.05, 4.69) is 0 Å². The molecule has 1 fully saturated rings. The normalized spacial score (nSPS) is 20.9. The van der Waals surface area contributed by atoms with Crippen molar-refractivity contribution in [3.8, 4) is 11.1 Å². The van der Waals surface area contributed by atoms with Crippen LogP contribution in [0.1, 0.15) is 37.7 Å². The van der Waals surface area contributed by atoms with Gasteiger partial charge in [0.15, 0.2) is 17.5 Å². The second kappa shape index (κ2) is 8.39. The molecule has 0 bridgehead atoms. The van der Waals surface area contributed by atoms with E-state index in [1.165, 1.54) is 37.7 Å². The van der Waals surface area contributed by atoms with E-state index in [9.17, 15) is 13.2 Å². The van der Waals surface area contributed by atoms with Crippen LogP contribution in [0.25, 0.3) is 11.1 Å². The van der Waals surface area contributed by atoms with Crippen molar-refractivity contribution in [1.82, 2.24) is 0 Å². The fourth-order valence-corrected chi connectivity index (χ4v) is 6.31. The summed E-state index contributed by atoms with van der Waals surface area (Å²) < 4.78 is 40.8. The molecule has 2 aromatic carbocycles. The van der Waals surface area contributed by atoms with Crippen LogP contribution in [0.3, 0.4) is 0 Å². The summed E-state index contributed by atoms with van der Waals surface area (Å²) in [7, 11) is 0. The molecule has 0 spiro atoms. The van der Waals surface area contributed by atoms with Gasteiger partial charge in [0.1, 0.15) is 0 Å². The Morgan fingerprint density at radius 1 is 0.833 bits per heavy atom. The monoisotopic (exact) mass is 544 g/mol. The Kier molecular flexibility index (Phi) is 6.46. The molecule has 4 heteroatoms. The Morgan fingerprint density at radius 3 is 2.00 bits per heavy atom. The maximum absolute atomic E-state index is 13.3. The molecule has 3 rings (SSSR count). The molecule has 0 aromatic heterocycles. The first-order valence-electron chi connectivity index (χ1n) is 8.77. The number of hydrogen-bond acceptors (Lipinski definition) is 0. The van der Waals surface area contributed by atoms with Crippen LogP contribution in [0.2, 0.25) is 0.959 Å². The summed E-state index contributed by atoms with van der Waals surface area (Å²) in [6, 6.07) is 9.83. The van der Waals surface area contributed by atoms with Gasteiger partial charge in [0.25, 0.3) is 0 Å². The van der Waals surface area contributed by atoms with Crippen molar-refractivity contribution in [3.63, 3.8) is 0 Å². The first-order valence-corrected chi connectivity index (χ1v) is 13.5. The Balaban J connectivity index is 1.63. The van der Waals surface area contributed by atoms with Crippen LogP contribution in [0.15, 0.2) is 36.4 Å². The van der Waals surface area contributed by atoms with Crippen molar-refractivity contribution in [2.45, 2.75) is 39.5 Å². The number of benzene rings is 2. The molecule has 1 saturated carbocycles. The van der Waals surface area contributed by atoms with Gasteiger partial charge in [-0.1, -0.05) is 0 Å². The number of aryl methyl sites for hydroxylation is 1. The Morgan fingerprint density at radius 2 is 1.42 bits per heavy atom. The zero-order valence-electron chi connectivity index (χ0n) is 14.0. The zero-order valence-corrected chi connectivity index (χ0v) is 22.2. The van der Waals surface area contributed by atoms with Gasteiger partial charge < -0.3 is 0 Å². The van der Waals surface area contributed by atoms with Gasteiger partial charge in [-0.3, -0.25) is 0 Å². The van der Waals surface area contributed by atoms with Gasteiger partial charge in [0.05, 0.1) is 0 Å². The van der Waals surface area contributed by atoms with E-state index in [0.717, 1.165) is 25.4 Å². The predicted molar refractivity (Wildman–Crippen MR) is 87.2 cm³/mol. The number of rotatable bonds is 4. The van der Waals surface area contributed by atoms with Crippen LogP contribution in [0.5, 0.6) is 0 Å². The molecule has 0 N–H and O–H groups in total. The second-order valence-electron chi connectivity index (χ2n) is 7.12. The average Bonchev–Trinajstić information content (AvgIpc) is 2.59. The molecule has 0 aliphatic heterocycles. The van der Waals surface area contributed by atoms with Crippen LogP contribution in [0, 0.1) is 66.2 Å². The van der Waals surface area contributed by atoms with E-state index in [0.29, 0.717) is 53.9 Å². The van der Waals surface area contributed by atoms with Gasteiger partial charge in [0.2, 0.25) is 0 Å². The molecule has 0 heterocycles. The minimum Gasteiger partial charge on any atom is -0.204 e. The molecule has 0 unspecified atom stereocenters. The average molecular weight is 544 g/mol. The summed E-state index contributed by atoms with van der Waals surface area (Å²) in [5.41, 5.74) is 2.32. The molecule has 0 atom stereocenters. The number of halogens is 3. The first-order chi connectivity index (χ1) is 11.5. The molecule has 0 nitrogen and oxygen atoms in total. The predicted octanol–water partition coefficient (Wildman–Crippen LogP) is 5.96. The SMILES string of the molecule is Fc1cc(-c2ccc(CCC3CC[CH]([RaH])CC3)cc2)cc(F)c1F. The van der Waals surface area contributed by atoms with E-state index in [1.807, 2.05) is 24.3 Å². The second-order valence-corrected chi connectivity index (χ2v) is 13.8. The van der Waals surface area contributed by atoms with Crippen molar-refractivity contribution >= 4 is 0 Å². The van der Waals surface area contributed by atoms with Crippen LogP contribution in [-0.2, 0) is 6.42 Å². The van der Waals surface area contributed by atoms with Crippen molar-refractivity contribution < 1.29 is 56.0 Å². The van der Waals surface area contributed by atoms with Crippen LogP contribution in [-0.4, -0.2) is 0 Å². The maximum atomic E-state index is 13.3. The molecular formula is C20H21F3Ra. The van der Waals surface area contributed by atoms with Crippen LogP contribution in [0.4, 0.5) is 13.2 Å². The Bertz CT molecular complexity index is 666. The molecule has 124 valence electrons. The van der Waals surface area contributed by atoms with E-state index in [-0.39, 0.29) is 0 Å². The molecule has 0 amide bonds. The summed E-state index contributed by atoms with van der Waals surface area (Å²) in [5.74, 6) is -2.85. The van der Waals surface area contributed by atoms with E-state index in [1.54, 1.807) is 0 Å². The fourth-order valence-electron chi connectivity index (χ4n) is 3.57. The third kappa shape index (κ3) is 4.65. The molecular weight excluding hydrogens is 523 g/mol. The third-order valence-corrected chi connectivity index (χ3v) is 9.99. The minimum absolute atomic E-state index is 0.367. The van der Waals surface area contributed by atoms with Gasteiger partial charge in [-0.2, -0.15) is 0 Å². The quantitative estimate of drug-likeness (QED) is 0.417. The number of hydrogen-bond donors (Lipinski definition) is 0. The van der Waals surface area contributed by atoms with Gasteiger partial charge in [0, 0.05) is 0 Å². The fraction of sp³-hybridized carbons (Fsp3) is 0.400. The van der Waals surface area contributed by atoms with Gasteiger partial charge >= 0.3 is 141 Å². The van der Waals surface area contributed by atoms with Crippen molar-refractivity contribution in [2.75, 3.05) is 0 Å². The van der Waals surface area contributed by atoms with Gasteiger partial charge in [-0.25, -0.2) is 13.2 Å². The third-order valence-electron chi connectivity index (χ3n) is 5.25. The van der Waals surface area contributed by atoms with Crippen molar-refractivity contribution in [3.05, 3.63) is 59.4 Å². The Labute approximate surface area is 170 Å². The molecule has 0 saturated heterocycles. The van der Waals surface area contributed by atoms with Crippen LogP contribution >= 0.6 is 0 Å². The van der Waals surface area contributed by atoms with E-state index >= 15 is 0 Å². The first kappa shape index (κ1) is 18.5. The smallest absolute Gasteiger partial charge is 0.204 e. The summed E-state index contributed by atoms with van der Waals surface area (Å²) in [6.45, 7) is 0. The molecule has 1 aliphatic carbocycles. The molecule has 0 radical (unpaired) electrons. The summed E-state index contributed by atoms with van der Waals surface area (Å²) >= 11 is 0.676. The van der Waals surface area contributed by atoms with Crippen LogP contribution < -0.4 is 0 Å². The topological polar surface area (TPSA) is 0 Å². The summed E-state index contributed by atoms with van der Waals surface area (Å²) in [4.78, 5) is 0. The summed E-state index contributed by atoms with van der Waals surface area (Å²) in [5, 5.41) is 0. The molecule has 2 aromatic rings. The zero-order chi connectivity index (χ0) is 17.1. The van der Waals surface area contributed by atoms with E-state index in [4.69, 9.17) is 0 Å². The standard InChI is InChI=1S/C20H20F3.Ra.H/c21-18-12-17(13-19(22)20(18)23)16-10-8-15(9-11-16)7-6-14-4-2-1-3-5-14;;/h1,8-14H,2-7H2;;. The van der Waals surface area contributed by atoms with Gasteiger partial charge in [-0.05, 0) is 0 Å². The van der Waals surface area contributed by atoms with Crippen molar-refractivity contribution in [2.24, 2.45) is 5.92 Å². The minimum atomic E-state index is -1.42.